The Hall–Kier alpha value is -1.26. The molecule has 5 heteroatoms. The fourth-order valence-electron chi connectivity index (χ4n) is 1.41. The van der Waals surface area contributed by atoms with Crippen LogP contribution >= 0.6 is 11.6 Å². The maximum absolute atomic E-state index is 11.4. The molecule has 0 spiro atoms. The molecule has 0 saturated heterocycles. The van der Waals surface area contributed by atoms with Crippen molar-refractivity contribution in [3.63, 3.8) is 0 Å². The van der Waals surface area contributed by atoms with Crippen molar-refractivity contribution in [1.82, 2.24) is 5.32 Å². The molecule has 1 amide bonds. The molecular formula is C13H18ClNO3. The molecule has 0 saturated carbocycles. The van der Waals surface area contributed by atoms with Crippen molar-refractivity contribution in [2.24, 2.45) is 5.92 Å². The van der Waals surface area contributed by atoms with Crippen molar-refractivity contribution < 1.29 is 14.6 Å². The summed E-state index contributed by atoms with van der Waals surface area (Å²) in [5, 5.41) is 13.0. The quantitative estimate of drug-likeness (QED) is 0.863. The summed E-state index contributed by atoms with van der Waals surface area (Å²) in [5.41, 5.74) is 0.643. The van der Waals surface area contributed by atoms with Gasteiger partial charge in [0.2, 0.25) is 5.91 Å². The van der Waals surface area contributed by atoms with Crippen LogP contribution < -0.4 is 10.1 Å². The number of methoxy groups -OCH3 is 1. The second-order valence-corrected chi connectivity index (χ2v) is 4.72. The molecule has 1 aromatic carbocycles. The van der Waals surface area contributed by atoms with E-state index in [0.29, 0.717) is 16.3 Å². The molecule has 0 aliphatic carbocycles. The van der Waals surface area contributed by atoms with Crippen LogP contribution in [0.25, 0.3) is 0 Å². The molecule has 0 aliphatic heterocycles. The standard InChI is InChI=1S/C13H18ClNO3/c1-8(2)13(17)15-7-11(16)9-4-5-12(18-3)10(14)6-9/h4-6,8,11,16H,7H2,1-3H3,(H,15,17). The summed E-state index contributed by atoms with van der Waals surface area (Å²) in [6.07, 6.45) is -0.781. The first-order chi connectivity index (χ1) is 8.45. The van der Waals surface area contributed by atoms with Crippen molar-refractivity contribution in [1.29, 1.82) is 0 Å². The van der Waals surface area contributed by atoms with Gasteiger partial charge < -0.3 is 15.2 Å². The number of benzene rings is 1. The first-order valence-electron chi connectivity index (χ1n) is 5.75. The van der Waals surface area contributed by atoms with E-state index in [9.17, 15) is 9.90 Å². The van der Waals surface area contributed by atoms with Crippen molar-refractivity contribution in [2.45, 2.75) is 20.0 Å². The lowest BCUT2D eigenvalue weighted by molar-refractivity contribution is -0.124. The summed E-state index contributed by atoms with van der Waals surface area (Å²) < 4.78 is 5.03. The highest BCUT2D eigenvalue weighted by molar-refractivity contribution is 6.32. The second-order valence-electron chi connectivity index (χ2n) is 4.31. The van der Waals surface area contributed by atoms with Crippen LogP contribution in [-0.4, -0.2) is 24.7 Å². The van der Waals surface area contributed by atoms with Crippen LogP contribution in [0.4, 0.5) is 0 Å². The van der Waals surface area contributed by atoms with Gasteiger partial charge in [0.25, 0.3) is 0 Å². The van der Waals surface area contributed by atoms with E-state index >= 15 is 0 Å². The van der Waals surface area contributed by atoms with Crippen LogP contribution in [0, 0.1) is 5.92 Å². The van der Waals surface area contributed by atoms with Gasteiger partial charge in [-0.2, -0.15) is 0 Å². The van der Waals surface area contributed by atoms with Crippen LogP contribution in [0.15, 0.2) is 18.2 Å². The van der Waals surface area contributed by atoms with Gasteiger partial charge in [-0.1, -0.05) is 31.5 Å². The first-order valence-corrected chi connectivity index (χ1v) is 6.12. The summed E-state index contributed by atoms with van der Waals surface area (Å²) >= 11 is 5.96. The Morgan fingerprint density at radius 3 is 2.67 bits per heavy atom. The molecule has 1 atom stereocenters. The predicted molar refractivity (Wildman–Crippen MR) is 70.8 cm³/mol. The van der Waals surface area contributed by atoms with E-state index in [1.807, 2.05) is 0 Å². The minimum atomic E-state index is -0.781. The van der Waals surface area contributed by atoms with Gasteiger partial charge in [0.1, 0.15) is 5.75 Å². The van der Waals surface area contributed by atoms with Crippen molar-refractivity contribution in [3.8, 4) is 5.75 Å². The van der Waals surface area contributed by atoms with E-state index in [4.69, 9.17) is 16.3 Å². The highest BCUT2D eigenvalue weighted by Gasteiger charge is 2.13. The largest absolute Gasteiger partial charge is 0.495 e. The third-order valence-electron chi connectivity index (χ3n) is 2.55. The fourth-order valence-corrected chi connectivity index (χ4v) is 1.68. The molecule has 4 nitrogen and oxygen atoms in total. The van der Waals surface area contributed by atoms with E-state index in [1.54, 1.807) is 32.0 Å². The number of ether oxygens (including phenoxy) is 1. The molecule has 1 rings (SSSR count). The fraction of sp³-hybridized carbons (Fsp3) is 0.462. The van der Waals surface area contributed by atoms with E-state index in [-0.39, 0.29) is 18.4 Å². The van der Waals surface area contributed by atoms with Crippen molar-refractivity contribution in [3.05, 3.63) is 28.8 Å². The molecule has 1 aromatic rings. The summed E-state index contributed by atoms with van der Waals surface area (Å²) in [6, 6.07) is 5.04. The normalized spacial score (nSPS) is 12.3. The molecule has 100 valence electrons. The highest BCUT2D eigenvalue weighted by atomic mass is 35.5. The Morgan fingerprint density at radius 2 is 2.17 bits per heavy atom. The lowest BCUT2D eigenvalue weighted by Gasteiger charge is -2.14. The smallest absolute Gasteiger partial charge is 0.222 e. The Kier molecular flexibility index (Phi) is 5.44. The minimum absolute atomic E-state index is 0.0892. The van der Waals surface area contributed by atoms with Crippen LogP contribution in [0.3, 0.4) is 0 Å². The zero-order valence-electron chi connectivity index (χ0n) is 10.7. The Morgan fingerprint density at radius 1 is 1.50 bits per heavy atom. The molecule has 0 aromatic heterocycles. The van der Waals surface area contributed by atoms with E-state index in [1.165, 1.54) is 7.11 Å². The number of hydrogen-bond acceptors (Lipinski definition) is 3. The van der Waals surface area contributed by atoms with Gasteiger partial charge in [0.05, 0.1) is 18.2 Å². The zero-order valence-corrected chi connectivity index (χ0v) is 11.5. The zero-order chi connectivity index (χ0) is 13.7. The Bertz CT molecular complexity index is 421. The molecular weight excluding hydrogens is 254 g/mol. The van der Waals surface area contributed by atoms with E-state index in [2.05, 4.69) is 5.32 Å². The van der Waals surface area contributed by atoms with Crippen LogP contribution in [0.1, 0.15) is 25.5 Å². The van der Waals surface area contributed by atoms with E-state index in [0.717, 1.165) is 0 Å². The monoisotopic (exact) mass is 271 g/mol. The van der Waals surface area contributed by atoms with Crippen molar-refractivity contribution in [2.75, 3.05) is 13.7 Å². The van der Waals surface area contributed by atoms with Gasteiger partial charge >= 0.3 is 0 Å². The summed E-state index contributed by atoms with van der Waals surface area (Å²) in [6.45, 7) is 3.76. The highest BCUT2D eigenvalue weighted by Crippen LogP contribution is 2.27. The molecule has 0 bridgehead atoms. The van der Waals surface area contributed by atoms with Gasteiger partial charge in [0, 0.05) is 12.5 Å². The van der Waals surface area contributed by atoms with Crippen LogP contribution in [0.2, 0.25) is 5.02 Å². The van der Waals surface area contributed by atoms with Crippen molar-refractivity contribution >= 4 is 17.5 Å². The average molecular weight is 272 g/mol. The SMILES string of the molecule is COc1ccc(C(O)CNC(=O)C(C)C)cc1Cl. The van der Waals surface area contributed by atoms with Gasteiger partial charge in [-0.3, -0.25) is 4.79 Å². The number of carbonyl (C=O) groups is 1. The molecule has 2 N–H and O–H groups in total. The van der Waals surface area contributed by atoms with Gasteiger partial charge in [-0.05, 0) is 17.7 Å². The predicted octanol–water partition coefficient (Wildman–Crippen LogP) is 2.15. The number of halogens is 1. The molecule has 18 heavy (non-hydrogen) atoms. The number of rotatable bonds is 5. The second kappa shape index (κ2) is 6.61. The maximum atomic E-state index is 11.4. The lowest BCUT2D eigenvalue weighted by atomic mass is 10.1. The number of nitrogens with one attached hydrogen (secondary N) is 1. The summed E-state index contributed by atoms with van der Waals surface area (Å²) in [5.74, 6) is 0.365. The van der Waals surface area contributed by atoms with Gasteiger partial charge in [0.15, 0.2) is 0 Å². The summed E-state index contributed by atoms with van der Waals surface area (Å²) in [7, 11) is 1.53. The minimum Gasteiger partial charge on any atom is -0.495 e. The van der Waals surface area contributed by atoms with E-state index < -0.39 is 6.10 Å². The van der Waals surface area contributed by atoms with Crippen LogP contribution in [-0.2, 0) is 4.79 Å². The molecule has 0 heterocycles. The summed E-state index contributed by atoms with van der Waals surface area (Å²) in [4.78, 5) is 11.4. The number of aliphatic hydroxyl groups is 1. The molecule has 1 unspecified atom stereocenters. The Balaban J connectivity index is 2.64. The number of hydrogen-bond donors (Lipinski definition) is 2. The third-order valence-corrected chi connectivity index (χ3v) is 2.85. The van der Waals surface area contributed by atoms with Gasteiger partial charge in [-0.15, -0.1) is 0 Å². The third kappa shape index (κ3) is 3.89. The number of aliphatic hydroxyl groups excluding tert-OH is 1. The van der Waals surface area contributed by atoms with Crippen LogP contribution in [0.5, 0.6) is 5.75 Å². The maximum Gasteiger partial charge on any atom is 0.222 e. The van der Waals surface area contributed by atoms with Gasteiger partial charge in [-0.25, -0.2) is 0 Å². The number of carbonyl (C=O) groups excluding carboxylic acids is 1. The Labute approximate surface area is 112 Å². The first kappa shape index (κ1) is 14.8. The number of amides is 1. The molecule has 0 fully saturated rings. The molecule has 0 aliphatic rings. The average Bonchev–Trinajstić information content (AvgIpc) is 2.35. The molecule has 0 radical (unpaired) electrons. The lowest BCUT2D eigenvalue weighted by Crippen LogP contribution is -2.31. The topological polar surface area (TPSA) is 58.6 Å².